The summed E-state index contributed by atoms with van der Waals surface area (Å²) in [7, 11) is -1.16. The van der Waals surface area contributed by atoms with Crippen molar-refractivity contribution in [3.05, 3.63) is 89.7 Å². The maximum atomic E-state index is 14.3. The topological polar surface area (TPSA) is 105 Å². The average Bonchev–Trinajstić information content (AvgIpc) is 3.02. The van der Waals surface area contributed by atoms with E-state index in [4.69, 9.17) is 9.47 Å². The van der Waals surface area contributed by atoms with Crippen molar-refractivity contribution in [2.24, 2.45) is 0 Å². The summed E-state index contributed by atoms with van der Waals surface area (Å²) in [5.74, 6) is -0.759. The lowest BCUT2D eigenvalue weighted by Crippen LogP contribution is -2.55. The highest BCUT2D eigenvalue weighted by molar-refractivity contribution is 7.92. The van der Waals surface area contributed by atoms with Gasteiger partial charge in [-0.15, -0.1) is 0 Å². The van der Waals surface area contributed by atoms with E-state index >= 15 is 0 Å². The van der Waals surface area contributed by atoms with Crippen LogP contribution in [0.2, 0.25) is 0 Å². The summed E-state index contributed by atoms with van der Waals surface area (Å²) in [6.07, 6.45) is 6.05. The Bertz CT molecular complexity index is 1510. The second-order valence-corrected chi connectivity index (χ2v) is 12.9. The van der Waals surface area contributed by atoms with E-state index in [0.717, 1.165) is 48.2 Å². The molecule has 2 amide bonds. The Morgan fingerprint density at radius 2 is 1.61 bits per heavy atom. The number of sulfonamides is 1. The molecule has 0 spiro atoms. The first kappa shape index (κ1) is 32.8. The minimum atomic E-state index is -4.01. The van der Waals surface area contributed by atoms with Crippen LogP contribution in [0.1, 0.15) is 43.2 Å². The predicted octanol–water partition coefficient (Wildman–Crippen LogP) is 4.70. The Hall–Kier alpha value is -4.12. The van der Waals surface area contributed by atoms with Crippen LogP contribution in [0.5, 0.6) is 11.5 Å². The van der Waals surface area contributed by atoms with Gasteiger partial charge in [-0.1, -0.05) is 61.7 Å². The fourth-order valence-corrected chi connectivity index (χ4v) is 6.32. The highest BCUT2D eigenvalue weighted by atomic mass is 32.2. The molecule has 9 nitrogen and oxygen atoms in total. The molecule has 44 heavy (non-hydrogen) atoms. The van der Waals surface area contributed by atoms with Crippen molar-refractivity contribution < 1.29 is 31.9 Å². The van der Waals surface area contributed by atoms with Gasteiger partial charge in [0, 0.05) is 25.1 Å². The number of halogens is 1. The molecule has 0 unspecified atom stereocenters. The fraction of sp³-hybridized carbons (Fsp3) is 0.394. The van der Waals surface area contributed by atoms with E-state index in [9.17, 15) is 22.4 Å². The monoisotopic (exact) mass is 625 g/mol. The van der Waals surface area contributed by atoms with Gasteiger partial charge in [0.1, 0.15) is 29.9 Å². The van der Waals surface area contributed by atoms with Gasteiger partial charge in [0.05, 0.1) is 26.2 Å². The van der Waals surface area contributed by atoms with E-state index in [1.165, 1.54) is 37.3 Å². The number of anilines is 1. The fourth-order valence-electron chi connectivity index (χ4n) is 5.47. The minimum Gasteiger partial charge on any atom is -0.497 e. The summed E-state index contributed by atoms with van der Waals surface area (Å²) in [6.45, 7) is -0.646. The molecule has 1 N–H and O–H groups in total. The summed E-state index contributed by atoms with van der Waals surface area (Å²) in [5.41, 5.74) is 1.55. The van der Waals surface area contributed by atoms with E-state index in [-0.39, 0.29) is 36.4 Å². The number of rotatable bonds is 13. The number of methoxy groups -OCH3 is 2. The molecule has 0 aliphatic heterocycles. The van der Waals surface area contributed by atoms with E-state index < -0.39 is 34.3 Å². The molecule has 0 aromatic heterocycles. The van der Waals surface area contributed by atoms with Gasteiger partial charge in [0.15, 0.2) is 0 Å². The smallest absolute Gasteiger partial charge is 0.244 e. The zero-order valence-electron chi connectivity index (χ0n) is 25.4. The van der Waals surface area contributed by atoms with Gasteiger partial charge in [-0.05, 0) is 48.2 Å². The van der Waals surface area contributed by atoms with Crippen molar-refractivity contribution in [1.82, 2.24) is 10.2 Å². The van der Waals surface area contributed by atoms with Crippen molar-refractivity contribution in [3.63, 3.8) is 0 Å². The van der Waals surface area contributed by atoms with Crippen LogP contribution >= 0.6 is 0 Å². The van der Waals surface area contributed by atoms with Crippen LogP contribution in [0.3, 0.4) is 0 Å². The Morgan fingerprint density at radius 1 is 0.932 bits per heavy atom. The maximum absolute atomic E-state index is 14.3. The van der Waals surface area contributed by atoms with Crippen molar-refractivity contribution in [3.8, 4) is 11.5 Å². The largest absolute Gasteiger partial charge is 0.497 e. The van der Waals surface area contributed by atoms with Crippen LogP contribution in [0.15, 0.2) is 72.8 Å². The van der Waals surface area contributed by atoms with Gasteiger partial charge in [-0.2, -0.15) is 0 Å². The minimum absolute atomic E-state index is 0.00846. The number of hydrogen-bond donors (Lipinski definition) is 1. The van der Waals surface area contributed by atoms with Gasteiger partial charge in [-0.25, -0.2) is 12.8 Å². The third kappa shape index (κ3) is 8.72. The zero-order valence-corrected chi connectivity index (χ0v) is 26.2. The molecule has 1 saturated carbocycles. The van der Waals surface area contributed by atoms with Crippen LogP contribution in [0.25, 0.3) is 0 Å². The third-order valence-electron chi connectivity index (χ3n) is 7.82. The van der Waals surface area contributed by atoms with Crippen molar-refractivity contribution in [2.45, 2.75) is 57.2 Å². The molecule has 0 bridgehead atoms. The van der Waals surface area contributed by atoms with Gasteiger partial charge in [0.2, 0.25) is 21.8 Å². The van der Waals surface area contributed by atoms with Crippen molar-refractivity contribution in [1.29, 1.82) is 0 Å². The molecule has 0 saturated heterocycles. The summed E-state index contributed by atoms with van der Waals surface area (Å²) in [5, 5.41) is 3.16. The number of benzene rings is 3. The highest BCUT2D eigenvalue weighted by Crippen LogP contribution is 2.34. The first-order chi connectivity index (χ1) is 21.1. The number of hydrogen-bond acceptors (Lipinski definition) is 6. The van der Waals surface area contributed by atoms with Crippen LogP contribution in [-0.4, -0.2) is 64.2 Å². The Balaban J connectivity index is 1.75. The standard InChI is InChI=1S/C33H40FN3O6S/c1-42-28-18-19-31(43-2)29(21-28)37(44(3,40)41)23-32(38)36(22-25-14-16-26(34)17-15-25)30(20-24-10-6-4-7-11-24)33(39)35-27-12-8-5-9-13-27/h4,6-7,10-11,14-19,21,27,30H,5,8-9,12-13,20,22-23H2,1-3H3,(H,35,39)/t30-/m1/s1. The SMILES string of the molecule is COc1ccc(OC)c(N(CC(=O)N(Cc2ccc(F)cc2)[C@H](Cc2ccccc2)C(=O)NC2CCCCC2)S(C)(=O)=O)c1. The summed E-state index contributed by atoms with van der Waals surface area (Å²) in [6, 6.07) is 18.7. The van der Waals surface area contributed by atoms with Crippen LogP contribution in [-0.2, 0) is 32.6 Å². The summed E-state index contributed by atoms with van der Waals surface area (Å²) < 4.78 is 51.8. The number of amides is 2. The highest BCUT2D eigenvalue weighted by Gasteiger charge is 2.34. The molecule has 3 aromatic carbocycles. The molecule has 4 rings (SSSR count). The normalized spacial score (nSPS) is 14.4. The number of carbonyl (C=O) groups excluding carboxylic acids is 2. The molecule has 1 atom stereocenters. The van der Waals surface area contributed by atoms with E-state index in [2.05, 4.69) is 5.32 Å². The lowest BCUT2D eigenvalue weighted by atomic mass is 9.94. The predicted molar refractivity (Wildman–Crippen MR) is 168 cm³/mol. The Morgan fingerprint density at radius 3 is 2.23 bits per heavy atom. The number of nitrogens with one attached hydrogen (secondary N) is 1. The molecular weight excluding hydrogens is 585 g/mol. The van der Waals surface area contributed by atoms with Gasteiger partial charge in [-0.3, -0.25) is 13.9 Å². The molecule has 1 aliphatic rings. The Labute approximate surface area is 259 Å². The third-order valence-corrected chi connectivity index (χ3v) is 8.95. The quantitative estimate of drug-likeness (QED) is 0.295. The molecule has 11 heteroatoms. The number of carbonyl (C=O) groups is 2. The number of ether oxygens (including phenoxy) is 2. The Kier molecular flexibility index (Phi) is 11.2. The molecule has 236 valence electrons. The first-order valence-corrected chi connectivity index (χ1v) is 16.5. The molecule has 3 aromatic rings. The van der Waals surface area contributed by atoms with Crippen molar-refractivity contribution in [2.75, 3.05) is 31.3 Å². The second-order valence-electron chi connectivity index (χ2n) is 11.0. The molecular formula is C33H40FN3O6S. The summed E-state index contributed by atoms with van der Waals surface area (Å²) >= 11 is 0. The first-order valence-electron chi connectivity index (χ1n) is 14.7. The van der Waals surface area contributed by atoms with Gasteiger partial charge >= 0.3 is 0 Å². The van der Waals surface area contributed by atoms with Gasteiger partial charge < -0.3 is 19.7 Å². The van der Waals surface area contributed by atoms with Crippen LogP contribution in [0, 0.1) is 5.82 Å². The summed E-state index contributed by atoms with van der Waals surface area (Å²) in [4.78, 5) is 29.7. The van der Waals surface area contributed by atoms with E-state index in [0.29, 0.717) is 11.3 Å². The lowest BCUT2D eigenvalue weighted by Gasteiger charge is -2.35. The average molecular weight is 626 g/mol. The second kappa shape index (κ2) is 15.1. The van der Waals surface area contributed by atoms with E-state index in [1.807, 2.05) is 30.3 Å². The lowest BCUT2D eigenvalue weighted by molar-refractivity contribution is -0.140. The number of nitrogens with zero attached hydrogens (tertiary/aromatic N) is 2. The molecule has 0 heterocycles. The zero-order chi connectivity index (χ0) is 31.7. The van der Waals surface area contributed by atoms with E-state index in [1.54, 1.807) is 24.3 Å². The molecule has 1 aliphatic carbocycles. The maximum Gasteiger partial charge on any atom is 0.244 e. The molecule has 0 radical (unpaired) electrons. The van der Waals surface area contributed by atoms with Crippen LogP contribution < -0.4 is 19.1 Å². The van der Waals surface area contributed by atoms with Crippen molar-refractivity contribution >= 4 is 27.5 Å². The van der Waals surface area contributed by atoms with Gasteiger partial charge in [0.25, 0.3) is 0 Å². The van der Waals surface area contributed by atoms with Crippen LogP contribution in [0.4, 0.5) is 10.1 Å². The molecule has 1 fully saturated rings.